The Kier molecular flexibility index (Phi) is 12.1. The third kappa shape index (κ3) is 9.62. The first-order valence-corrected chi connectivity index (χ1v) is 12.1. The zero-order chi connectivity index (χ0) is 25.6. The molecule has 0 aliphatic heterocycles. The van der Waals surface area contributed by atoms with Gasteiger partial charge in [0.1, 0.15) is 12.3 Å². The SMILES string of the molecule is COC(=O)CNP(OCC(CC(C)N(C)/C=C\C(=O)NC=O)OC)Oc1cccc2ccccc12. The molecule has 0 saturated carbocycles. The summed E-state index contributed by atoms with van der Waals surface area (Å²) in [5, 5.41) is 6.98. The molecule has 190 valence electrons. The number of fused-ring (bicyclic) bond motifs is 1. The molecule has 0 saturated heterocycles. The second kappa shape index (κ2) is 15.1. The van der Waals surface area contributed by atoms with E-state index in [1.54, 1.807) is 13.3 Å². The highest BCUT2D eigenvalue weighted by molar-refractivity contribution is 7.45. The van der Waals surface area contributed by atoms with E-state index < -0.39 is 20.4 Å². The summed E-state index contributed by atoms with van der Waals surface area (Å²) in [5.74, 6) is -0.308. The largest absolute Gasteiger partial charge is 0.468 e. The van der Waals surface area contributed by atoms with Crippen molar-refractivity contribution in [3.63, 3.8) is 0 Å². The molecule has 3 unspecified atom stereocenters. The number of benzene rings is 2. The van der Waals surface area contributed by atoms with Crippen LogP contribution in [0.1, 0.15) is 13.3 Å². The van der Waals surface area contributed by atoms with Crippen molar-refractivity contribution in [3.8, 4) is 5.75 Å². The maximum atomic E-state index is 11.7. The van der Waals surface area contributed by atoms with Crippen LogP contribution in [0.15, 0.2) is 54.7 Å². The lowest BCUT2D eigenvalue weighted by Crippen LogP contribution is -2.32. The summed E-state index contributed by atoms with van der Waals surface area (Å²) in [6.45, 7) is 2.10. The number of hydrogen-bond acceptors (Lipinski definition) is 9. The minimum atomic E-state index is -1.69. The number of ether oxygens (including phenoxy) is 2. The van der Waals surface area contributed by atoms with Crippen LogP contribution in [0.25, 0.3) is 10.8 Å². The Bertz CT molecular complexity index is 999. The maximum absolute atomic E-state index is 11.7. The van der Waals surface area contributed by atoms with Crippen LogP contribution < -0.4 is 14.9 Å². The molecule has 11 heteroatoms. The fourth-order valence-corrected chi connectivity index (χ4v) is 4.14. The Morgan fingerprint density at radius 1 is 1.14 bits per heavy atom. The minimum absolute atomic E-state index is 0.00271. The van der Waals surface area contributed by atoms with E-state index in [2.05, 4.69) is 10.4 Å². The first kappa shape index (κ1) is 28.2. The van der Waals surface area contributed by atoms with Crippen molar-refractivity contribution < 1.29 is 32.9 Å². The summed E-state index contributed by atoms with van der Waals surface area (Å²) < 4.78 is 22.4. The van der Waals surface area contributed by atoms with Crippen LogP contribution in [0.3, 0.4) is 0 Å². The van der Waals surface area contributed by atoms with Crippen molar-refractivity contribution in [2.75, 3.05) is 34.4 Å². The molecule has 0 fully saturated rings. The summed E-state index contributed by atoms with van der Waals surface area (Å²) in [4.78, 5) is 35.3. The number of esters is 1. The van der Waals surface area contributed by atoms with Crippen molar-refractivity contribution >= 4 is 37.6 Å². The standard InChI is InChI=1S/C24H32N3O7P/c1-18(27(2)13-12-23(29)25-17-28)14-20(31-3)16-33-35(26-15-24(30)32-4)34-22-11-7-9-19-8-5-6-10-21(19)22/h5-13,17-18,20,26H,14-16H2,1-4H3,(H,25,28,29)/b13-12-. The van der Waals surface area contributed by atoms with E-state index in [9.17, 15) is 14.4 Å². The number of nitrogens with one attached hydrogen (secondary N) is 2. The predicted molar refractivity (Wildman–Crippen MR) is 133 cm³/mol. The van der Waals surface area contributed by atoms with Gasteiger partial charge < -0.3 is 23.4 Å². The van der Waals surface area contributed by atoms with Gasteiger partial charge in [-0.1, -0.05) is 36.4 Å². The highest BCUT2D eigenvalue weighted by Gasteiger charge is 2.21. The molecular formula is C24H32N3O7P. The van der Waals surface area contributed by atoms with Crippen molar-refractivity contribution in [2.24, 2.45) is 0 Å². The smallest absolute Gasteiger partial charge is 0.320 e. The summed E-state index contributed by atoms with van der Waals surface area (Å²) in [6, 6.07) is 13.5. The molecule has 0 aliphatic carbocycles. The first-order valence-electron chi connectivity index (χ1n) is 10.9. The van der Waals surface area contributed by atoms with Gasteiger partial charge in [0.2, 0.25) is 6.41 Å². The van der Waals surface area contributed by atoms with E-state index in [-0.39, 0.29) is 25.3 Å². The Morgan fingerprint density at radius 3 is 2.60 bits per heavy atom. The predicted octanol–water partition coefficient (Wildman–Crippen LogP) is 2.74. The lowest BCUT2D eigenvalue weighted by atomic mass is 10.1. The second-order valence-corrected chi connectivity index (χ2v) is 8.85. The molecule has 0 aromatic heterocycles. The van der Waals surface area contributed by atoms with Crippen molar-refractivity contribution in [1.82, 2.24) is 15.3 Å². The number of amides is 2. The highest BCUT2D eigenvalue weighted by atomic mass is 31.2. The van der Waals surface area contributed by atoms with Gasteiger partial charge in [-0.3, -0.25) is 19.7 Å². The molecule has 10 nitrogen and oxygen atoms in total. The van der Waals surface area contributed by atoms with E-state index in [1.165, 1.54) is 13.2 Å². The Morgan fingerprint density at radius 2 is 1.89 bits per heavy atom. The third-order valence-corrected chi connectivity index (χ3v) is 6.35. The number of rotatable bonds is 15. The monoisotopic (exact) mass is 505 g/mol. The number of carbonyl (C=O) groups excluding carboxylic acids is 3. The fourth-order valence-electron chi connectivity index (χ4n) is 3.04. The third-order valence-electron chi connectivity index (χ3n) is 5.18. The van der Waals surface area contributed by atoms with Gasteiger partial charge in [0.25, 0.3) is 5.91 Å². The van der Waals surface area contributed by atoms with E-state index in [4.69, 9.17) is 18.5 Å². The van der Waals surface area contributed by atoms with Gasteiger partial charge in [0, 0.05) is 37.9 Å². The maximum Gasteiger partial charge on any atom is 0.320 e. The van der Waals surface area contributed by atoms with Crippen LogP contribution in [-0.4, -0.2) is 69.8 Å². The molecular weight excluding hydrogens is 473 g/mol. The van der Waals surface area contributed by atoms with E-state index >= 15 is 0 Å². The van der Waals surface area contributed by atoms with Gasteiger partial charge in [-0.25, -0.2) is 5.09 Å². The molecule has 35 heavy (non-hydrogen) atoms. The highest BCUT2D eigenvalue weighted by Crippen LogP contribution is 2.39. The van der Waals surface area contributed by atoms with Crippen LogP contribution in [0, 0.1) is 0 Å². The zero-order valence-corrected chi connectivity index (χ0v) is 21.2. The van der Waals surface area contributed by atoms with Crippen LogP contribution in [-0.2, 0) is 28.4 Å². The number of imide groups is 1. The van der Waals surface area contributed by atoms with Gasteiger partial charge in [-0.15, -0.1) is 0 Å². The second-order valence-electron chi connectivity index (χ2n) is 7.58. The molecule has 0 spiro atoms. The number of hydrogen-bond donors (Lipinski definition) is 2. The zero-order valence-electron chi connectivity index (χ0n) is 20.3. The van der Waals surface area contributed by atoms with Crippen LogP contribution in [0.5, 0.6) is 5.75 Å². The van der Waals surface area contributed by atoms with Gasteiger partial charge in [0.05, 0.1) is 19.8 Å². The number of nitrogens with zero attached hydrogens (tertiary/aromatic N) is 1. The molecule has 2 aromatic carbocycles. The molecule has 2 amide bonds. The first-order chi connectivity index (χ1) is 16.9. The average molecular weight is 506 g/mol. The summed E-state index contributed by atoms with van der Waals surface area (Å²) in [6.07, 6.45) is 3.50. The van der Waals surface area contributed by atoms with Gasteiger partial charge in [0.15, 0.2) is 0 Å². The van der Waals surface area contributed by atoms with Crippen molar-refractivity contribution in [2.45, 2.75) is 25.5 Å². The molecule has 2 N–H and O–H groups in total. The molecule has 0 radical (unpaired) electrons. The molecule has 0 aliphatic rings. The van der Waals surface area contributed by atoms with Crippen molar-refractivity contribution in [3.05, 3.63) is 54.7 Å². The average Bonchev–Trinajstić information content (AvgIpc) is 2.87. The Balaban J connectivity index is 2.02. The van der Waals surface area contributed by atoms with E-state index in [1.807, 2.05) is 61.3 Å². The van der Waals surface area contributed by atoms with E-state index in [0.29, 0.717) is 18.6 Å². The van der Waals surface area contributed by atoms with Crippen molar-refractivity contribution in [1.29, 1.82) is 0 Å². The topological polar surface area (TPSA) is 115 Å². The van der Waals surface area contributed by atoms with Gasteiger partial charge in [-0.05, 0) is 24.8 Å². The molecule has 2 rings (SSSR count). The Hall–Kier alpha value is -3.04. The quantitative estimate of drug-likeness (QED) is 0.163. The van der Waals surface area contributed by atoms with Gasteiger partial charge in [-0.2, -0.15) is 0 Å². The summed E-state index contributed by atoms with van der Waals surface area (Å²) >= 11 is 0. The minimum Gasteiger partial charge on any atom is -0.468 e. The summed E-state index contributed by atoms with van der Waals surface area (Å²) in [7, 11) is 3.03. The fraction of sp³-hybridized carbons (Fsp3) is 0.375. The van der Waals surface area contributed by atoms with Crippen LogP contribution >= 0.6 is 8.53 Å². The number of carbonyl (C=O) groups is 3. The molecule has 3 atom stereocenters. The van der Waals surface area contributed by atoms with Crippen LogP contribution in [0.4, 0.5) is 0 Å². The Labute approximate surface area is 206 Å². The molecule has 0 heterocycles. The summed E-state index contributed by atoms with van der Waals surface area (Å²) in [5.41, 5.74) is 0. The lowest BCUT2D eigenvalue weighted by Gasteiger charge is -2.27. The molecule has 0 bridgehead atoms. The van der Waals surface area contributed by atoms with Gasteiger partial charge >= 0.3 is 14.5 Å². The normalized spacial score (nSPS) is 13.7. The number of methoxy groups -OCH3 is 2. The van der Waals surface area contributed by atoms with Crippen LogP contribution in [0.2, 0.25) is 0 Å². The molecule has 2 aromatic rings. The van der Waals surface area contributed by atoms with E-state index in [0.717, 1.165) is 10.8 Å². The lowest BCUT2D eigenvalue weighted by molar-refractivity contribution is -0.139.